The zero-order valence-electron chi connectivity index (χ0n) is 12.4. The van der Waals surface area contributed by atoms with Crippen LogP contribution in [0.2, 0.25) is 0 Å². The Balaban J connectivity index is 1.92. The standard InChI is InChI=1S/C16H28N2O/c1-3-6-16(17-9-4-2)14-8-10-18(12-14)13-15-7-5-11-19-15/h8,10,12,15-17H,3-7,9,11,13H2,1-2H3. The van der Waals surface area contributed by atoms with Gasteiger partial charge in [0.05, 0.1) is 6.10 Å². The Bertz CT molecular complexity index is 355. The third-order valence-electron chi connectivity index (χ3n) is 3.83. The maximum Gasteiger partial charge on any atom is 0.0754 e. The molecular weight excluding hydrogens is 236 g/mol. The first-order valence-corrected chi connectivity index (χ1v) is 7.84. The zero-order valence-corrected chi connectivity index (χ0v) is 12.4. The first-order chi connectivity index (χ1) is 9.33. The minimum atomic E-state index is 0.425. The molecule has 0 aromatic carbocycles. The number of ether oxygens (including phenoxy) is 1. The fraction of sp³-hybridized carbons (Fsp3) is 0.750. The summed E-state index contributed by atoms with van der Waals surface area (Å²) in [5, 5.41) is 3.65. The maximum atomic E-state index is 5.70. The number of hydrogen-bond donors (Lipinski definition) is 1. The van der Waals surface area contributed by atoms with E-state index in [1.807, 2.05) is 0 Å². The van der Waals surface area contributed by atoms with Crippen molar-refractivity contribution in [2.45, 2.75) is 64.6 Å². The topological polar surface area (TPSA) is 26.2 Å². The quantitative estimate of drug-likeness (QED) is 0.777. The molecule has 2 heterocycles. The van der Waals surface area contributed by atoms with Crippen LogP contribution < -0.4 is 5.32 Å². The Morgan fingerprint density at radius 1 is 1.42 bits per heavy atom. The molecule has 0 bridgehead atoms. The Morgan fingerprint density at radius 2 is 2.32 bits per heavy atom. The highest BCUT2D eigenvalue weighted by Gasteiger charge is 2.17. The van der Waals surface area contributed by atoms with E-state index in [1.165, 1.54) is 37.7 Å². The molecule has 108 valence electrons. The van der Waals surface area contributed by atoms with Gasteiger partial charge in [0.15, 0.2) is 0 Å². The zero-order chi connectivity index (χ0) is 13.5. The fourth-order valence-electron chi connectivity index (χ4n) is 2.80. The summed E-state index contributed by atoms with van der Waals surface area (Å²) in [6.07, 6.45) is 11.0. The molecule has 3 nitrogen and oxygen atoms in total. The number of hydrogen-bond acceptors (Lipinski definition) is 2. The Kier molecular flexibility index (Phi) is 5.93. The lowest BCUT2D eigenvalue weighted by molar-refractivity contribution is 0.0971. The summed E-state index contributed by atoms with van der Waals surface area (Å²) in [5.41, 5.74) is 1.42. The van der Waals surface area contributed by atoms with Gasteiger partial charge < -0.3 is 14.6 Å². The van der Waals surface area contributed by atoms with Crippen LogP contribution in [0.15, 0.2) is 18.5 Å². The van der Waals surface area contributed by atoms with Crippen LogP contribution in [-0.4, -0.2) is 23.8 Å². The molecule has 0 spiro atoms. The van der Waals surface area contributed by atoms with Gasteiger partial charge in [-0.1, -0.05) is 20.3 Å². The summed E-state index contributed by atoms with van der Waals surface area (Å²) >= 11 is 0. The van der Waals surface area contributed by atoms with Crippen LogP contribution in [0.25, 0.3) is 0 Å². The molecule has 1 aliphatic rings. The van der Waals surface area contributed by atoms with Crippen molar-refractivity contribution in [1.82, 2.24) is 9.88 Å². The van der Waals surface area contributed by atoms with Crippen molar-refractivity contribution in [2.75, 3.05) is 13.2 Å². The van der Waals surface area contributed by atoms with Crippen LogP contribution >= 0.6 is 0 Å². The highest BCUT2D eigenvalue weighted by molar-refractivity contribution is 5.15. The summed E-state index contributed by atoms with van der Waals surface area (Å²) in [7, 11) is 0. The molecule has 0 radical (unpaired) electrons. The predicted octanol–water partition coefficient (Wildman–Crippen LogP) is 3.51. The molecule has 2 unspecified atom stereocenters. The van der Waals surface area contributed by atoms with E-state index in [2.05, 4.69) is 42.2 Å². The summed E-state index contributed by atoms with van der Waals surface area (Å²) in [4.78, 5) is 0. The van der Waals surface area contributed by atoms with Crippen LogP contribution in [0.1, 0.15) is 57.6 Å². The lowest BCUT2D eigenvalue weighted by Crippen LogP contribution is -2.21. The molecule has 0 aliphatic carbocycles. The van der Waals surface area contributed by atoms with Gasteiger partial charge in [0.2, 0.25) is 0 Å². The average Bonchev–Trinajstić information content (AvgIpc) is 3.07. The third-order valence-corrected chi connectivity index (χ3v) is 3.83. The Morgan fingerprint density at radius 3 is 3.00 bits per heavy atom. The maximum absolute atomic E-state index is 5.70. The van der Waals surface area contributed by atoms with Gasteiger partial charge in [-0.05, 0) is 43.9 Å². The van der Waals surface area contributed by atoms with Gasteiger partial charge in [-0.25, -0.2) is 0 Å². The number of nitrogens with one attached hydrogen (secondary N) is 1. The van der Waals surface area contributed by atoms with Crippen molar-refractivity contribution in [1.29, 1.82) is 0 Å². The molecule has 1 fully saturated rings. The second-order valence-corrected chi connectivity index (χ2v) is 5.57. The van der Waals surface area contributed by atoms with Crippen molar-refractivity contribution in [3.63, 3.8) is 0 Å². The second kappa shape index (κ2) is 7.71. The van der Waals surface area contributed by atoms with Crippen molar-refractivity contribution < 1.29 is 4.74 Å². The minimum Gasteiger partial charge on any atom is -0.376 e. The van der Waals surface area contributed by atoms with Crippen molar-refractivity contribution in [2.24, 2.45) is 0 Å². The van der Waals surface area contributed by atoms with E-state index < -0.39 is 0 Å². The summed E-state index contributed by atoms with van der Waals surface area (Å²) in [6, 6.07) is 2.77. The molecule has 2 atom stereocenters. The molecule has 1 saturated heterocycles. The highest BCUT2D eigenvalue weighted by atomic mass is 16.5. The summed E-state index contributed by atoms with van der Waals surface area (Å²) < 4.78 is 8.00. The largest absolute Gasteiger partial charge is 0.376 e. The third kappa shape index (κ3) is 4.36. The van der Waals surface area contributed by atoms with Crippen molar-refractivity contribution in [3.05, 3.63) is 24.0 Å². The van der Waals surface area contributed by atoms with E-state index in [-0.39, 0.29) is 0 Å². The molecule has 3 heteroatoms. The normalized spacial score (nSPS) is 20.8. The molecule has 0 saturated carbocycles. The molecular formula is C16H28N2O. The van der Waals surface area contributed by atoms with Crippen LogP contribution in [0.5, 0.6) is 0 Å². The Hall–Kier alpha value is -0.800. The summed E-state index contributed by atoms with van der Waals surface area (Å²) in [5.74, 6) is 0. The Labute approximate surface area is 117 Å². The van der Waals surface area contributed by atoms with Gasteiger partial charge in [0.1, 0.15) is 0 Å². The van der Waals surface area contributed by atoms with Crippen LogP contribution in [-0.2, 0) is 11.3 Å². The molecule has 1 aromatic rings. The number of nitrogens with zero attached hydrogens (tertiary/aromatic N) is 1. The smallest absolute Gasteiger partial charge is 0.0754 e. The SMILES string of the molecule is CCCNC(CCC)c1ccn(CC2CCCO2)c1. The van der Waals surface area contributed by atoms with E-state index in [0.29, 0.717) is 12.1 Å². The first-order valence-electron chi connectivity index (χ1n) is 7.84. The van der Waals surface area contributed by atoms with Gasteiger partial charge in [0.25, 0.3) is 0 Å². The molecule has 1 N–H and O–H groups in total. The first kappa shape index (κ1) is 14.6. The van der Waals surface area contributed by atoms with E-state index >= 15 is 0 Å². The lowest BCUT2D eigenvalue weighted by Gasteiger charge is -2.16. The number of aromatic nitrogens is 1. The molecule has 1 aliphatic heterocycles. The molecule has 1 aromatic heterocycles. The summed E-state index contributed by atoms with van der Waals surface area (Å²) in [6.45, 7) is 7.52. The van der Waals surface area contributed by atoms with Gasteiger partial charge in [0, 0.05) is 31.6 Å². The van der Waals surface area contributed by atoms with E-state index in [1.54, 1.807) is 0 Å². The highest BCUT2D eigenvalue weighted by Crippen LogP contribution is 2.20. The lowest BCUT2D eigenvalue weighted by atomic mass is 10.1. The molecule has 2 rings (SSSR count). The molecule has 0 amide bonds. The van der Waals surface area contributed by atoms with Crippen LogP contribution in [0.3, 0.4) is 0 Å². The number of rotatable bonds is 8. The minimum absolute atomic E-state index is 0.425. The monoisotopic (exact) mass is 264 g/mol. The van der Waals surface area contributed by atoms with E-state index in [9.17, 15) is 0 Å². The molecule has 19 heavy (non-hydrogen) atoms. The van der Waals surface area contributed by atoms with E-state index in [4.69, 9.17) is 4.74 Å². The fourth-order valence-corrected chi connectivity index (χ4v) is 2.80. The second-order valence-electron chi connectivity index (χ2n) is 5.57. The van der Waals surface area contributed by atoms with Gasteiger partial charge in [-0.2, -0.15) is 0 Å². The van der Waals surface area contributed by atoms with Gasteiger partial charge >= 0.3 is 0 Å². The van der Waals surface area contributed by atoms with Crippen LogP contribution in [0, 0.1) is 0 Å². The predicted molar refractivity (Wildman–Crippen MR) is 79.3 cm³/mol. The van der Waals surface area contributed by atoms with Gasteiger partial charge in [-0.15, -0.1) is 0 Å². The van der Waals surface area contributed by atoms with Gasteiger partial charge in [-0.3, -0.25) is 0 Å². The van der Waals surface area contributed by atoms with E-state index in [0.717, 1.165) is 19.7 Å². The van der Waals surface area contributed by atoms with Crippen molar-refractivity contribution in [3.8, 4) is 0 Å². The van der Waals surface area contributed by atoms with Crippen LogP contribution in [0.4, 0.5) is 0 Å². The average molecular weight is 264 g/mol. The van der Waals surface area contributed by atoms with Crippen molar-refractivity contribution >= 4 is 0 Å².